The number of hydrogen-bond acceptors (Lipinski definition) is 4. The summed E-state index contributed by atoms with van der Waals surface area (Å²) in [6, 6.07) is 1.78. The van der Waals surface area contributed by atoms with E-state index in [-0.39, 0.29) is 29.6 Å². The zero-order chi connectivity index (χ0) is 8.97. The number of thiophene rings is 1. The van der Waals surface area contributed by atoms with Gasteiger partial charge in [0, 0.05) is 0 Å². The van der Waals surface area contributed by atoms with E-state index in [2.05, 4.69) is 0 Å². The zero-order valence-electron chi connectivity index (χ0n) is 7.02. The molecule has 0 saturated heterocycles. The fourth-order valence-electron chi connectivity index (χ4n) is 0.610. The smallest absolute Gasteiger partial charge is 0.541 e. The number of carboxylic acid groups (broad SMARTS) is 1. The molecule has 0 radical (unpaired) electrons. The van der Waals surface area contributed by atoms with Crippen LogP contribution in [0.2, 0.25) is 0 Å². The van der Waals surface area contributed by atoms with Gasteiger partial charge in [0.25, 0.3) is 0 Å². The molecule has 0 aliphatic heterocycles. The Labute approximate surface area is 101 Å². The minimum absolute atomic E-state index is 0. The van der Waals surface area contributed by atoms with E-state index in [4.69, 9.17) is 0 Å². The Morgan fingerprint density at radius 1 is 1.46 bits per heavy atom. The average molecular weight is 204 g/mol. The molecule has 1 aromatic heterocycles. The van der Waals surface area contributed by atoms with Gasteiger partial charge >= 0.3 is 29.6 Å². The summed E-state index contributed by atoms with van der Waals surface area (Å²) < 4.78 is 0. The fourth-order valence-corrected chi connectivity index (χ4v) is 1.24. The van der Waals surface area contributed by atoms with E-state index in [0.717, 1.165) is 11.6 Å². The number of carbonyl (C=O) groups excluding carboxylic acids is 2. The molecular weight excluding hydrogens is 199 g/mol. The summed E-state index contributed by atoms with van der Waals surface area (Å²) in [7, 11) is 0. The largest absolute Gasteiger partial charge is 1.00 e. The van der Waals surface area contributed by atoms with Crippen LogP contribution in [0.1, 0.15) is 5.56 Å². The van der Waals surface area contributed by atoms with Crippen molar-refractivity contribution in [3.63, 3.8) is 0 Å². The Kier molecular flexibility index (Phi) is 5.90. The van der Waals surface area contributed by atoms with E-state index in [0.29, 0.717) is 0 Å². The summed E-state index contributed by atoms with van der Waals surface area (Å²) in [5.74, 6) is -2.69. The van der Waals surface area contributed by atoms with Crippen molar-refractivity contribution in [2.75, 3.05) is 0 Å². The molecule has 0 saturated carbocycles. The second-order valence-corrected chi connectivity index (χ2v) is 2.82. The molecule has 0 aromatic carbocycles. The van der Waals surface area contributed by atoms with Crippen LogP contribution in [0, 0.1) is 0 Å². The van der Waals surface area contributed by atoms with Crippen LogP contribution >= 0.6 is 11.3 Å². The molecule has 0 unspecified atom stereocenters. The predicted molar refractivity (Wildman–Crippen MR) is 43.4 cm³/mol. The molecule has 62 valence electrons. The van der Waals surface area contributed by atoms with Gasteiger partial charge in [0.2, 0.25) is 5.78 Å². The van der Waals surface area contributed by atoms with Gasteiger partial charge < -0.3 is 9.90 Å². The molecule has 0 aliphatic carbocycles. The van der Waals surface area contributed by atoms with E-state index in [1.165, 1.54) is 17.4 Å². The number of ketones is 1. The van der Waals surface area contributed by atoms with Gasteiger partial charge in [-0.15, -0.1) is 0 Å². The van der Waals surface area contributed by atoms with E-state index >= 15 is 0 Å². The van der Waals surface area contributed by atoms with E-state index in [9.17, 15) is 14.7 Å². The summed E-state index contributed by atoms with van der Waals surface area (Å²) in [6.07, 6.45) is 2.42. The molecule has 1 aromatic rings. The van der Waals surface area contributed by atoms with Crippen molar-refractivity contribution < 1.29 is 44.3 Å². The second kappa shape index (κ2) is 6.10. The molecule has 3 nitrogen and oxygen atoms in total. The van der Waals surface area contributed by atoms with Gasteiger partial charge in [0.05, 0.1) is 0 Å². The van der Waals surface area contributed by atoms with Gasteiger partial charge in [0.1, 0.15) is 5.97 Å². The minimum Gasteiger partial charge on any atom is -0.541 e. The topological polar surface area (TPSA) is 57.2 Å². The van der Waals surface area contributed by atoms with Gasteiger partial charge in [-0.25, -0.2) is 0 Å². The van der Waals surface area contributed by atoms with Crippen molar-refractivity contribution in [1.29, 1.82) is 0 Å². The van der Waals surface area contributed by atoms with Gasteiger partial charge in [-0.05, 0) is 28.5 Å². The number of carbonyl (C=O) groups is 2. The molecular formula is C8H5NaO3S. The Hall–Kier alpha value is -0.420. The number of rotatable bonds is 3. The van der Waals surface area contributed by atoms with Crippen molar-refractivity contribution >= 4 is 29.2 Å². The first-order valence-corrected chi connectivity index (χ1v) is 4.10. The molecule has 5 heteroatoms. The standard InChI is InChI=1S/C8H6O3S.Na/c9-7(8(10)11)2-1-6-3-4-12-5-6;/h1-5H,(H,10,11);/q;+1/p-1. The minimum atomic E-state index is -1.68. The van der Waals surface area contributed by atoms with E-state index in [1.807, 2.05) is 5.38 Å². The van der Waals surface area contributed by atoms with Crippen LogP contribution in [0.5, 0.6) is 0 Å². The number of aliphatic carboxylic acids is 1. The molecule has 0 N–H and O–H groups in total. The summed E-state index contributed by atoms with van der Waals surface area (Å²) in [5, 5.41) is 13.6. The van der Waals surface area contributed by atoms with Crippen LogP contribution < -0.4 is 34.7 Å². The molecule has 0 fully saturated rings. The van der Waals surface area contributed by atoms with Crippen LogP contribution in [0.15, 0.2) is 22.9 Å². The summed E-state index contributed by atoms with van der Waals surface area (Å²) >= 11 is 1.47. The van der Waals surface area contributed by atoms with Crippen LogP contribution in [-0.4, -0.2) is 11.8 Å². The van der Waals surface area contributed by atoms with Crippen LogP contribution in [0.3, 0.4) is 0 Å². The summed E-state index contributed by atoms with van der Waals surface area (Å²) in [4.78, 5) is 20.4. The Bertz CT molecular complexity index is 316. The van der Waals surface area contributed by atoms with Crippen molar-refractivity contribution in [3.05, 3.63) is 28.5 Å². The van der Waals surface area contributed by atoms with Crippen molar-refractivity contribution in [3.8, 4) is 0 Å². The van der Waals surface area contributed by atoms with E-state index in [1.54, 1.807) is 11.4 Å². The molecule has 0 amide bonds. The van der Waals surface area contributed by atoms with Gasteiger partial charge in [-0.3, -0.25) is 4.79 Å². The Morgan fingerprint density at radius 2 is 2.15 bits per heavy atom. The monoisotopic (exact) mass is 204 g/mol. The van der Waals surface area contributed by atoms with Crippen molar-refractivity contribution in [2.45, 2.75) is 0 Å². The van der Waals surface area contributed by atoms with Crippen molar-refractivity contribution in [2.24, 2.45) is 0 Å². The number of hydrogen-bond donors (Lipinski definition) is 0. The average Bonchev–Trinajstić information content (AvgIpc) is 2.51. The van der Waals surface area contributed by atoms with Gasteiger partial charge in [-0.2, -0.15) is 11.3 Å². The fraction of sp³-hybridized carbons (Fsp3) is 0. The number of carboxylic acids is 1. The molecule has 1 rings (SSSR count). The maximum Gasteiger partial charge on any atom is 1.00 e. The third-order valence-electron chi connectivity index (χ3n) is 1.17. The second-order valence-electron chi connectivity index (χ2n) is 2.04. The van der Waals surface area contributed by atoms with Crippen LogP contribution in [-0.2, 0) is 9.59 Å². The molecule has 1 heterocycles. The van der Waals surface area contributed by atoms with Crippen LogP contribution in [0.25, 0.3) is 6.08 Å². The SMILES string of the molecule is O=C([O-])C(=O)C=Cc1ccsc1.[Na+]. The molecule has 0 aliphatic rings. The first-order chi connectivity index (χ1) is 5.70. The van der Waals surface area contributed by atoms with Gasteiger partial charge in [0.15, 0.2) is 0 Å². The molecule has 13 heavy (non-hydrogen) atoms. The maximum absolute atomic E-state index is 10.5. The summed E-state index contributed by atoms with van der Waals surface area (Å²) in [6.45, 7) is 0. The first kappa shape index (κ1) is 12.6. The summed E-state index contributed by atoms with van der Waals surface area (Å²) in [5.41, 5.74) is 0.814. The maximum atomic E-state index is 10.5. The molecule has 0 atom stereocenters. The predicted octanol–water partition coefficient (Wildman–Crippen LogP) is -2.92. The van der Waals surface area contributed by atoms with Crippen LogP contribution in [0.4, 0.5) is 0 Å². The molecule has 0 bridgehead atoms. The first-order valence-electron chi connectivity index (χ1n) is 3.16. The Balaban J connectivity index is 0.00000144. The Morgan fingerprint density at radius 3 is 2.62 bits per heavy atom. The third-order valence-corrected chi connectivity index (χ3v) is 1.87. The zero-order valence-corrected chi connectivity index (χ0v) is 9.84. The van der Waals surface area contributed by atoms with Gasteiger partial charge in [-0.1, -0.05) is 6.08 Å². The third kappa shape index (κ3) is 4.38. The van der Waals surface area contributed by atoms with Crippen molar-refractivity contribution in [1.82, 2.24) is 0 Å². The quantitative estimate of drug-likeness (QED) is 0.301. The molecule has 0 spiro atoms. The van der Waals surface area contributed by atoms with E-state index < -0.39 is 11.8 Å². The normalized spacial score (nSPS) is 9.54.